The molecule has 1 unspecified atom stereocenters. The van der Waals surface area contributed by atoms with Gasteiger partial charge in [-0.1, -0.05) is 40.2 Å². The Morgan fingerprint density at radius 3 is 2.48 bits per heavy atom. The Kier molecular flexibility index (Phi) is 5.35. The predicted molar refractivity (Wildman–Crippen MR) is 83.2 cm³/mol. The van der Waals surface area contributed by atoms with E-state index < -0.39 is 17.8 Å². The van der Waals surface area contributed by atoms with Crippen molar-refractivity contribution in [3.8, 4) is 0 Å². The molecule has 1 nitrogen and oxygen atoms in total. The Morgan fingerprint density at radius 2 is 1.81 bits per heavy atom. The van der Waals surface area contributed by atoms with Crippen LogP contribution in [-0.4, -0.2) is 5.75 Å². The van der Waals surface area contributed by atoms with Crippen molar-refractivity contribution in [2.45, 2.75) is 17.1 Å². The largest absolute Gasteiger partial charge is 0.416 e. The highest BCUT2D eigenvalue weighted by molar-refractivity contribution is 9.10. The first-order chi connectivity index (χ1) is 9.88. The quantitative estimate of drug-likeness (QED) is 0.737. The Labute approximate surface area is 133 Å². The summed E-state index contributed by atoms with van der Waals surface area (Å²) in [5.41, 5.74) is 5.42. The van der Waals surface area contributed by atoms with E-state index in [1.165, 1.54) is 23.9 Å². The summed E-state index contributed by atoms with van der Waals surface area (Å²) in [4.78, 5) is 0.962. The van der Waals surface area contributed by atoms with E-state index in [4.69, 9.17) is 5.73 Å². The molecule has 0 radical (unpaired) electrons. The summed E-state index contributed by atoms with van der Waals surface area (Å²) in [5, 5.41) is 0. The fraction of sp³-hybridized carbons (Fsp3) is 0.200. The van der Waals surface area contributed by atoms with Crippen LogP contribution >= 0.6 is 27.7 Å². The van der Waals surface area contributed by atoms with Gasteiger partial charge in [0.05, 0.1) is 5.56 Å². The molecule has 0 aromatic heterocycles. The minimum absolute atomic E-state index is 0.132. The highest BCUT2D eigenvalue weighted by atomic mass is 79.9. The summed E-state index contributed by atoms with van der Waals surface area (Å²) in [5.74, 6) is 0.379. The van der Waals surface area contributed by atoms with Crippen molar-refractivity contribution in [1.29, 1.82) is 0 Å². The highest BCUT2D eigenvalue weighted by Gasteiger charge is 2.34. The number of hydrogen-bond donors (Lipinski definition) is 1. The molecule has 112 valence electrons. The molecule has 2 N–H and O–H groups in total. The Bertz CT molecular complexity index is 616. The molecule has 0 fully saturated rings. The van der Waals surface area contributed by atoms with Gasteiger partial charge in [0.25, 0.3) is 0 Å². The molecular weight excluding hydrogens is 363 g/mol. The molecule has 0 bridgehead atoms. The van der Waals surface area contributed by atoms with E-state index in [0.717, 1.165) is 15.4 Å². The standard InChI is InChI=1S/C15H13BrF3NS/c16-10-4-3-5-11(8-10)21-9-14(20)12-6-1-2-7-13(12)15(17,18)19/h1-8,14H,9,20H2. The molecule has 21 heavy (non-hydrogen) atoms. The molecule has 0 aliphatic heterocycles. The van der Waals surface area contributed by atoms with Crippen LogP contribution in [0.15, 0.2) is 57.9 Å². The molecule has 0 aliphatic carbocycles. The maximum Gasteiger partial charge on any atom is 0.416 e. The van der Waals surface area contributed by atoms with Crippen molar-refractivity contribution in [1.82, 2.24) is 0 Å². The summed E-state index contributed by atoms with van der Waals surface area (Å²) in [6.07, 6.45) is -4.38. The van der Waals surface area contributed by atoms with Gasteiger partial charge in [-0.15, -0.1) is 11.8 Å². The van der Waals surface area contributed by atoms with E-state index in [2.05, 4.69) is 15.9 Å². The van der Waals surface area contributed by atoms with Crippen molar-refractivity contribution in [3.05, 3.63) is 64.1 Å². The first-order valence-corrected chi connectivity index (χ1v) is 7.96. The average Bonchev–Trinajstić information content (AvgIpc) is 2.44. The van der Waals surface area contributed by atoms with Crippen LogP contribution in [0.1, 0.15) is 17.2 Å². The van der Waals surface area contributed by atoms with Crippen molar-refractivity contribution in [3.63, 3.8) is 0 Å². The zero-order valence-electron chi connectivity index (χ0n) is 10.9. The summed E-state index contributed by atoms with van der Waals surface area (Å²) in [6.45, 7) is 0. The van der Waals surface area contributed by atoms with Crippen LogP contribution in [0.4, 0.5) is 13.2 Å². The number of hydrogen-bond acceptors (Lipinski definition) is 2. The maximum absolute atomic E-state index is 13.0. The monoisotopic (exact) mass is 375 g/mol. The molecular formula is C15H13BrF3NS. The normalized spacial score (nSPS) is 13.2. The smallest absolute Gasteiger partial charge is 0.323 e. The molecule has 0 spiro atoms. The third-order valence-corrected chi connectivity index (χ3v) is 4.50. The Morgan fingerprint density at radius 1 is 1.10 bits per heavy atom. The van der Waals surface area contributed by atoms with E-state index in [-0.39, 0.29) is 5.56 Å². The minimum Gasteiger partial charge on any atom is -0.323 e. The van der Waals surface area contributed by atoms with Crippen LogP contribution in [0.5, 0.6) is 0 Å². The molecule has 2 rings (SSSR count). The molecule has 0 saturated carbocycles. The zero-order chi connectivity index (χ0) is 15.5. The van der Waals surface area contributed by atoms with Gasteiger partial charge in [-0.25, -0.2) is 0 Å². The van der Waals surface area contributed by atoms with E-state index in [9.17, 15) is 13.2 Å². The first-order valence-electron chi connectivity index (χ1n) is 6.18. The van der Waals surface area contributed by atoms with Gasteiger partial charge in [0.1, 0.15) is 0 Å². The number of thioether (sulfide) groups is 1. The van der Waals surface area contributed by atoms with Crippen molar-refractivity contribution < 1.29 is 13.2 Å². The lowest BCUT2D eigenvalue weighted by molar-refractivity contribution is -0.138. The topological polar surface area (TPSA) is 26.0 Å². The average molecular weight is 376 g/mol. The van der Waals surface area contributed by atoms with Gasteiger partial charge in [0.15, 0.2) is 0 Å². The van der Waals surface area contributed by atoms with Crippen LogP contribution in [0.2, 0.25) is 0 Å². The second kappa shape index (κ2) is 6.85. The summed E-state index contributed by atoms with van der Waals surface area (Å²) in [6, 6.07) is 12.4. The molecule has 0 amide bonds. The first kappa shape index (κ1) is 16.4. The fourth-order valence-electron chi connectivity index (χ4n) is 1.91. The maximum atomic E-state index is 13.0. The number of halogens is 4. The second-order valence-corrected chi connectivity index (χ2v) is 6.47. The van der Waals surface area contributed by atoms with E-state index in [1.807, 2.05) is 24.3 Å². The summed E-state index contributed by atoms with van der Waals surface area (Å²) in [7, 11) is 0. The van der Waals surface area contributed by atoms with Crippen LogP contribution in [-0.2, 0) is 6.18 Å². The van der Waals surface area contributed by atoms with E-state index >= 15 is 0 Å². The lowest BCUT2D eigenvalue weighted by Crippen LogP contribution is -2.19. The molecule has 0 heterocycles. The zero-order valence-corrected chi connectivity index (χ0v) is 13.3. The van der Waals surface area contributed by atoms with Crippen LogP contribution in [0.25, 0.3) is 0 Å². The van der Waals surface area contributed by atoms with Gasteiger partial charge in [0.2, 0.25) is 0 Å². The molecule has 0 aliphatic rings. The fourth-order valence-corrected chi connectivity index (χ4v) is 3.40. The second-order valence-electron chi connectivity index (χ2n) is 4.46. The minimum atomic E-state index is -4.38. The van der Waals surface area contributed by atoms with Crippen molar-refractivity contribution in [2.24, 2.45) is 5.73 Å². The highest BCUT2D eigenvalue weighted by Crippen LogP contribution is 2.35. The van der Waals surface area contributed by atoms with Gasteiger partial charge in [0, 0.05) is 21.2 Å². The van der Waals surface area contributed by atoms with E-state index in [1.54, 1.807) is 6.07 Å². The van der Waals surface area contributed by atoms with E-state index in [0.29, 0.717) is 5.75 Å². The van der Waals surface area contributed by atoms with Crippen LogP contribution in [0.3, 0.4) is 0 Å². The molecule has 0 saturated heterocycles. The van der Waals surface area contributed by atoms with Gasteiger partial charge in [-0.05, 0) is 29.8 Å². The third kappa shape index (κ3) is 4.49. The van der Waals surface area contributed by atoms with Gasteiger partial charge >= 0.3 is 6.18 Å². The van der Waals surface area contributed by atoms with Crippen LogP contribution < -0.4 is 5.73 Å². The Balaban J connectivity index is 2.12. The van der Waals surface area contributed by atoms with Gasteiger partial charge in [-0.3, -0.25) is 0 Å². The molecule has 2 aromatic rings. The molecule has 2 aromatic carbocycles. The number of benzene rings is 2. The molecule has 1 atom stereocenters. The number of alkyl halides is 3. The molecule has 6 heteroatoms. The van der Waals surface area contributed by atoms with Crippen molar-refractivity contribution >= 4 is 27.7 Å². The van der Waals surface area contributed by atoms with Gasteiger partial charge in [-0.2, -0.15) is 13.2 Å². The lowest BCUT2D eigenvalue weighted by atomic mass is 10.0. The lowest BCUT2D eigenvalue weighted by Gasteiger charge is -2.18. The SMILES string of the molecule is NC(CSc1cccc(Br)c1)c1ccccc1C(F)(F)F. The summed E-state index contributed by atoms with van der Waals surface area (Å²) >= 11 is 4.79. The van der Waals surface area contributed by atoms with Crippen molar-refractivity contribution in [2.75, 3.05) is 5.75 Å². The van der Waals surface area contributed by atoms with Gasteiger partial charge < -0.3 is 5.73 Å². The number of nitrogens with two attached hydrogens (primary N) is 1. The predicted octanol–water partition coefficient (Wildman–Crippen LogP) is 5.26. The van der Waals surface area contributed by atoms with Crippen LogP contribution in [0, 0.1) is 0 Å². The summed E-state index contributed by atoms with van der Waals surface area (Å²) < 4.78 is 39.8. The number of rotatable bonds is 4. The Hall–Kier alpha value is -0.980. The third-order valence-electron chi connectivity index (χ3n) is 2.89.